The lowest BCUT2D eigenvalue weighted by Crippen LogP contribution is -2.42. The largest absolute Gasteiger partial charge is 0.357 e. The average Bonchev–Trinajstić information content (AvgIpc) is 2.95. The van der Waals surface area contributed by atoms with Gasteiger partial charge in [0.2, 0.25) is 0 Å². The zero-order valence-corrected chi connectivity index (χ0v) is 14.7. The van der Waals surface area contributed by atoms with Crippen molar-refractivity contribution in [3.63, 3.8) is 0 Å². The van der Waals surface area contributed by atoms with Gasteiger partial charge in [-0.1, -0.05) is 0 Å². The van der Waals surface area contributed by atoms with E-state index in [1.54, 1.807) is 11.3 Å². The fraction of sp³-hybridized carbons (Fsp3) is 0.688. The van der Waals surface area contributed by atoms with Crippen LogP contribution in [0.1, 0.15) is 18.9 Å². The van der Waals surface area contributed by atoms with Crippen LogP contribution in [0.15, 0.2) is 21.8 Å². The topological polar surface area (TPSA) is 42.9 Å². The van der Waals surface area contributed by atoms with E-state index >= 15 is 0 Å². The molecule has 22 heavy (non-hydrogen) atoms. The molecule has 0 amide bonds. The number of likely N-dealkylation sites (N-methyl/N-ethyl adjacent to an activating group) is 1. The fourth-order valence-electron chi connectivity index (χ4n) is 2.55. The molecular weight excluding hydrogens is 294 g/mol. The highest BCUT2D eigenvalue weighted by molar-refractivity contribution is 7.07. The molecule has 0 unspecified atom stereocenters. The molecule has 6 heteroatoms. The monoisotopic (exact) mass is 323 g/mol. The summed E-state index contributed by atoms with van der Waals surface area (Å²) in [6.07, 6.45) is 1.27. The molecule has 0 spiro atoms. The quantitative estimate of drug-likeness (QED) is 0.614. The molecule has 0 saturated carbocycles. The molecule has 2 heterocycles. The Kier molecular flexibility index (Phi) is 7.70. The summed E-state index contributed by atoms with van der Waals surface area (Å²) >= 11 is 1.72. The number of hydrogen-bond donors (Lipinski definition) is 2. The van der Waals surface area contributed by atoms with Gasteiger partial charge in [0.05, 0.1) is 6.54 Å². The Hall–Kier alpha value is -1.11. The molecular formula is C16H29N5S. The second-order valence-corrected chi connectivity index (χ2v) is 6.53. The molecule has 1 aromatic heterocycles. The van der Waals surface area contributed by atoms with Gasteiger partial charge in [0.25, 0.3) is 0 Å². The number of guanidine groups is 1. The van der Waals surface area contributed by atoms with E-state index in [1.807, 2.05) is 0 Å². The Morgan fingerprint density at radius 1 is 1.27 bits per heavy atom. The normalized spacial score (nSPS) is 18.2. The number of rotatable bonds is 6. The lowest BCUT2D eigenvalue weighted by Gasteiger charge is -2.21. The summed E-state index contributed by atoms with van der Waals surface area (Å²) in [5, 5.41) is 11.0. The van der Waals surface area contributed by atoms with Gasteiger partial charge in [-0.2, -0.15) is 11.3 Å². The average molecular weight is 324 g/mol. The summed E-state index contributed by atoms with van der Waals surface area (Å²) in [7, 11) is 2.21. The minimum atomic E-state index is 0.743. The number of aliphatic imine (C=N–C) groups is 1. The smallest absolute Gasteiger partial charge is 0.191 e. The van der Waals surface area contributed by atoms with Crippen molar-refractivity contribution < 1.29 is 0 Å². The van der Waals surface area contributed by atoms with Crippen LogP contribution >= 0.6 is 11.3 Å². The molecule has 0 radical (unpaired) electrons. The molecule has 2 rings (SSSR count). The first-order valence-corrected chi connectivity index (χ1v) is 9.16. The maximum Gasteiger partial charge on any atom is 0.191 e. The zero-order chi connectivity index (χ0) is 15.6. The van der Waals surface area contributed by atoms with Crippen LogP contribution in [0.5, 0.6) is 0 Å². The van der Waals surface area contributed by atoms with Crippen LogP contribution in [0.25, 0.3) is 0 Å². The van der Waals surface area contributed by atoms with Crippen molar-refractivity contribution in [1.82, 2.24) is 20.4 Å². The van der Waals surface area contributed by atoms with Crippen molar-refractivity contribution in [3.8, 4) is 0 Å². The standard InChI is InChI=1S/C16H29N5S/c1-3-17-16(19-13-15-5-12-22-14-15)18-6-9-21-8-4-7-20(2)10-11-21/h5,12,14H,3-4,6-11,13H2,1-2H3,(H2,17,18,19). The minimum Gasteiger partial charge on any atom is -0.357 e. The van der Waals surface area contributed by atoms with E-state index in [4.69, 9.17) is 0 Å². The molecule has 124 valence electrons. The van der Waals surface area contributed by atoms with Gasteiger partial charge in [-0.3, -0.25) is 0 Å². The van der Waals surface area contributed by atoms with Crippen LogP contribution in [0.2, 0.25) is 0 Å². The van der Waals surface area contributed by atoms with E-state index < -0.39 is 0 Å². The SMILES string of the molecule is CCNC(=NCc1ccsc1)NCCN1CCCN(C)CC1. The van der Waals surface area contributed by atoms with E-state index in [2.05, 4.69) is 56.2 Å². The van der Waals surface area contributed by atoms with E-state index in [0.717, 1.165) is 32.1 Å². The predicted octanol–water partition coefficient (Wildman–Crippen LogP) is 1.44. The number of nitrogens with one attached hydrogen (secondary N) is 2. The van der Waals surface area contributed by atoms with Crippen molar-refractivity contribution in [2.45, 2.75) is 19.9 Å². The Morgan fingerprint density at radius 2 is 2.18 bits per heavy atom. The summed E-state index contributed by atoms with van der Waals surface area (Å²) in [5.41, 5.74) is 1.28. The van der Waals surface area contributed by atoms with Gasteiger partial charge in [-0.05, 0) is 55.9 Å². The molecule has 0 bridgehead atoms. The van der Waals surface area contributed by atoms with E-state index in [9.17, 15) is 0 Å². The van der Waals surface area contributed by atoms with Crippen molar-refractivity contribution in [1.29, 1.82) is 0 Å². The number of nitrogens with zero attached hydrogens (tertiary/aromatic N) is 3. The summed E-state index contributed by atoms with van der Waals surface area (Å²) in [6.45, 7) is 10.5. The molecule has 1 aliphatic rings. The molecule has 2 N–H and O–H groups in total. The molecule has 0 aliphatic carbocycles. The fourth-order valence-corrected chi connectivity index (χ4v) is 3.21. The van der Waals surface area contributed by atoms with Gasteiger partial charge in [-0.25, -0.2) is 4.99 Å². The Balaban J connectivity index is 1.72. The summed E-state index contributed by atoms with van der Waals surface area (Å²) in [5.74, 6) is 0.917. The van der Waals surface area contributed by atoms with Gasteiger partial charge >= 0.3 is 0 Å². The maximum absolute atomic E-state index is 4.64. The van der Waals surface area contributed by atoms with E-state index in [-0.39, 0.29) is 0 Å². The molecule has 0 aromatic carbocycles. The highest BCUT2D eigenvalue weighted by atomic mass is 32.1. The van der Waals surface area contributed by atoms with Crippen LogP contribution in [0.4, 0.5) is 0 Å². The summed E-state index contributed by atoms with van der Waals surface area (Å²) in [6, 6.07) is 2.13. The maximum atomic E-state index is 4.64. The first-order valence-electron chi connectivity index (χ1n) is 8.22. The third-order valence-corrected chi connectivity index (χ3v) is 4.61. The first kappa shape index (κ1) is 17.2. The molecule has 1 aliphatic heterocycles. The number of hydrogen-bond acceptors (Lipinski definition) is 4. The van der Waals surface area contributed by atoms with Crippen LogP contribution in [-0.2, 0) is 6.54 Å². The van der Waals surface area contributed by atoms with Crippen molar-refractivity contribution in [2.24, 2.45) is 4.99 Å². The highest BCUT2D eigenvalue weighted by Crippen LogP contribution is 2.06. The highest BCUT2D eigenvalue weighted by Gasteiger charge is 2.11. The lowest BCUT2D eigenvalue weighted by molar-refractivity contribution is 0.280. The second-order valence-electron chi connectivity index (χ2n) is 5.75. The molecule has 1 fully saturated rings. The van der Waals surface area contributed by atoms with Crippen LogP contribution in [-0.4, -0.2) is 68.6 Å². The van der Waals surface area contributed by atoms with E-state index in [1.165, 1.54) is 38.2 Å². The van der Waals surface area contributed by atoms with Crippen molar-refractivity contribution >= 4 is 17.3 Å². The van der Waals surface area contributed by atoms with Crippen LogP contribution in [0.3, 0.4) is 0 Å². The third-order valence-electron chi connectivity index (χ3n) is 3.88. The Morgan fingerprint density at radius 3 is 2.95 bits per heavy atom. The predicted molar refractivity (Wildman–Crippen MR) is 95.7 cm³/mol. The third kappa shape index (κ3) is 6.34. The van der Waals surface area contributed by atoms with Gasteiger partial charge < -0.3 is 20.4 Å². The summed E-state index contributed by atoms with van der Waals surface area (Å²) in [4.78, 5) is 9.60. The van der Waals surface area contributed by atoms with E-state index in [0.29, 0.717) is 0 Å². The van der Waals surface area contributed by atoms with Gasteiger partial charge in [-0.15, -0.1) is 0 Å². The summed E-state index contributed by atoms with van der Waals surface area (Å²) < 4.78 is 0. The van der Waals surface area contributed by atoms with Crippen LogP contribution < -0.4 is 10.6 Å². The molecule has 0 atom stereocenters. The van der Waals surface area contributed by atoms with Gasteiger partial charge in [0.15, 0.2) is 5.96 Å². The Bertz CT molecular complexity index is 432. The molecule has 1 saturated heterocycles. The zero-order valence-electron chi connectivity index (χ0n) is 13.8. The van der Waals surface area contributed by atoms with Crippen molar-refractivity contribution in [2.75, 3.05) is 52.9 Å². The lowest BCUT2D eigenvalue weighted by atomic mass is 10.3. The van der Waals surface area contributed by atoms with Crippen LogP contribution in [0, 0.1) is 0 Å². The Labute approximate surface area is 138 Å². The first-order chi connectivity index (χ1) is 10.8. The number of thiophene rings is 1. The minimum absolute atomic E-state index is 0.743. The molecule has 1 aromatic rings. The van der Waals surface area contributed by atoms with Crippen molar-refractivity contribution in [3.05, 3.63) is 22.4 Å². The second kappa shape index (κ2) is 9.82. The van der Waals surface area contributed by atoms with Gasteiger partial charge in [0, 0.05) is 32.7 Å². The molecule has 5 nitrogen and oxygen atoms in total. The van der Waals surface area contributed by atoms with Gasteiger partial charge in [0.1, 0.15) is 0 Å².